The molecule has 0 saturated carbocycles. The molecular weight excluding hydrogens is 406 g/mol. The summed E-state index contributed by atoms with van der Waals surface area (Å²) in [4.78, 5) is 0. The molecule has 0 unspecified atom stereocenters. The Morgan fingerprint density at radius 1 is 0.382 bits per heavy atom. The first kappa shape index (κ1) is 21.5. The minimum absolute atomic E-state index is 1.19. The third-order valence-corrected chi connectivity index (χ3v) is 7.64. The molecular formula is C32H30B2. The van der Waals surface area contributed by atoms with E-state index in [2.05, 4.69) is 99.5 Å². The fourth-order valence-electron chi connectivity index (χ4n) is 5.86. The van der Waals surface area contributed by atoms with Crippen LogP contribution in [0.15, 0.2) is 84.9 Å². The number of unbranched alkanes of at least 4 members (excludes halogenated alkanes) is 5. The van der Waals surface area contributed by atoms with Gasteiger partial charge in [-0.25, -0.2) is 0 Å². The van der Waals surface area contributed by atoms with Gasteiger partial charge >= 0.3 is 0 Å². The Kier molecular flexibility index (Phi) is 6.15. The average Bonchev–Trinajstić information content (AvgIpc) is 3.45. The molecule has 0 N–H and O–H groups in total. The molecule has 0 atom stereocenters. The van der Waals surface area contributed by atoms with Gasteiger partial charge < -0.3 is 0 Å². The van der Waals surface area contributed by atoms with Gasteiger partial charge in [-0.05, 0) is 47.9 Å². The van der Waals surface area contributed by atoms with Crippen LogP contribution in [0.4, 0.5) is 0 Å². The largest absolute Gasteiger partial charge is 0.193 e. The molecule has 2 radical (unpaired) electrons. The van der Waals surface area contributed by atoms with Crippen molar-refractivity contribution in [1.29, 1.82) is 0 Å². The third kappa shape index (κ3) is 4.16. The maximum atomic E-state index is 2.39. The minimum atomic E-state index is 1.19. The van der Waals surface area contributed by atoms with Gasteiger partial charge in [0.15, 0.2) is 14.6 Å². The van der Waals surface area contributed by atoms with Gasteiger partial charge in [-0.15, -0.1) is 0 Å². The lowest BCUT2D eigenvalue weighted by Gasteiger charge is -2.10. The van der Waals surface area contributed by atoms with Crippen molar-refractivity contribution >= 4 is 36.4 Å². The maximum absolute atomic E-state index is 2.39. The van der Waals surface area contributed by atoms with E-state index in [9.17, 15) is 0 Å². The number of benzene rings is 4. The van der Waals surface area contributed by atoms with Crippen molar-refractivity contribution < 1.29 is 0 Å². The van der Waals surface area contributed by atoms with Gasteiger partial charge in [-0.2, -0.15) is 0 Å². The average molecular weight is 436 g/mol. The summed E-state index contributed by atoms with van der Waals surface area (Å²) in [5.41, 5.74) is 14.3. The van der Waals surface area contributed by atoms with Crippen LogP contribution in [0, 0.1) is 0 Å². The van der Waals surface area contributed by atoms with Crippen LogP contribution >= 0.6 is 0 Å². The molecule has 0 bridgehead atoms. The molecule has 2 aliphatic rings. The highest BCUT2D eigenvalue weighted by molar-refractivity contribution is 6.74. The number of rotatable bonds is 9. The molecule has 0 aromatic heterocycles. The van der Waals surface area contributed by atoms with E-state index in [0.717, 1.165) is 0 Å². The van der Waals surface area contributed by atoms with Crippen LogP contribution < -0.4 is 21.9 Å². The number of aryl methyl sites for hydroxylation is 2. The molecule has 34 heavy (non-hydrogen) atoms. The minimum Gasteiger partial charge on any atom is -0.0737 e. The zero-order valence-electron chi connectivity index (χ0n) is 19.9. The lowest BCUT2D eigenvalue weighted by atomic mass is 9.66. The summed E-state index contributed by atoms with van der Waals surface area (Å²) in [5.74, 6) is 0. The van der Waals surface area contributed by atoms with Gasteiger partial charge in [0.2, 0.25) is 0 Å². The quantitative estimate of drug-likeness (QED) is 0.219. The second kappa shape index (κ2) is 9.71. The summed E-state index contributed by atoms with van der Waals surface area (Å²) in [6.07, 6.45) is 10.3. The first-order valence-electron chi connectivity index (χ1n) is 13.0. The predicted molar refractivity (Wildman–Crippen MR) is 149 cm³/mol. The first-order valence-corrected chi connectivity index (χ1v) is 13.0. The predicted octanol–water partition coefficient (Wildman–Crippen LogP) is 5.08. The SMILES string of the molecule is [B]1c2ccccc2-c2cccc(CCCCCCCCc3cccc4c3[B]c3ccccc3-4)c21. The van der Waals surface area contributed by atoms with E-state index < -0.39 is 0 Å². The van der Waals surface area contributed by atoms with E-state index in [1.54, 1.807) is 0 Å². The maximum Gasteiger partial charge on any atom is 0.193 e. The second-order valence-electron chi connectivity index (χ2n) is 9.84. The fraction of sp³-hybridized carbons (Fsp3) is 0.250. The van der Waals surface area contributed by atoms with E-state index in [1.807, 2.05) is 0 Å². The molecule has 2 heteroatoms. The molecule has 0 fully saturated rings. The van der Waals surface area contributed by atoms with Crippen molar-refractivity contribution in [3.05, 3.63) is 96.1 Å². The highest BCUT2D eigenvalue weighted by atomic mass is 14.2. The molecule has 6 rings (SSSR count). The van der Waals surface area contributed by atoms with Crippen molar-refractivity contribution in [1.82, 2.24) is 0 Å². The molecule has 4 aromatic carbocycles. The van der Waals surface area contributed by atoms with E-state index in [-0.39, 0.29) is 0 Å². The summed E-state index contributed by atoms with van der Waals surface area (Å²) >= 11 is 0. The lowest BCUT2D eigenvalue weighted by Crippen LogP contribution is -2.24. The fourth-order valence-corrected chi connectivity index (χ4v) is 5.86. The van der Waals surface area contributed by atoms with Crippen molar-refractivity contribution in [2.75, 3.05) is 0 Å². The molecule has 0 saturated heterocycles. The molecule has 0 amide bonds. The molecule has 0 spiro atoms. The van der Waals surface area contributed by atoms with Crippen molar-refractivity contribution in [3.63, 3.8) is 0 Å². The Hall–Kier alpha value is -2.99. The van der Waals surface area contributed by atoms with Crippen LogP contribution in [0.25, 0.3) is 22.3 Å². The monoisotopic (exact) mass is 436 g/mol. The van der Waals surface area contributed by atoms with Crippen molar-refractivity contribution in [3.8, 4) is 22.3 Å². The molecule has 0 nitrogen and oxygen atoms in total. The summed E-state index contributed by atoms with van der Waals surface area (Å²) in [6, 6.07) is 31.2. The van der Waals surface area contributed by atoms with Crippen LogP contribution in [-0.2, 0) is 12.8 Å². The number of fused-ring (bicyclic) bond motifs is 6. The van der Waals surface area contributed by atoms with E-state index in [1.165, 1.54) is 107 Å². The summed E-state index contributed by atoms with van der Waals surface area (Å²) < 4.78 is 0. The number of hydrogen-bond donors (Lipinski definition) is 0. The zero-order valence-corrected chi connectivity index (χ0v) is 19.9. The Balaban J connectivity index is 0.944. The van der Waals surface area contributed by atoms with Gasteiger partial charge in [0.1, 0.15) is 0 Å². The normalized spacial score (nSPS) is 12.4. The molecule has 4 aromatic rings. The highest BCUT2D eigenvalue weighted by Crippen LogP contribution is 2.23. The summed E-state index contributed by atoms with van der Waals surface area (Å²) in [6.45, 7) is 0. The second-order valence-corrected chi connectivity index (χ2v) is 9.84. The molecule has 0 aliphatic carbocycles. The Labute approximate surface area is 205 Å². The van der Waals surface area contributed by atoms with Gasteiger partial charge in [-0.3, -0.25) is 0 Å². The van der Waals surface area contributed by atoms with Crippen LogP contribution in [0.1, 0.15) is 49.7 Å². The van der Waals surface area contributed by atoms with Crippen LogP contribution in [-0.4, -0.2) is 14.6 Å². The molecule has 2 aliphatic heterocycles. The Morgan fingerprint density at radius 2 is 0.794 bits per heavy atom. The Morgan fingerprint density at radius 3 is 1.29 bits per heavy atom. The van der Waals surface area contributed by atoms with Gasteiger partial charge in [0.05, 0.1) is 0 Å². The van der Waals surface area contributed by atoms with Crippen molar-refractivity contribution in [2.24, 2.45) is 0 Å². The third-order valence-electron chi connectivity index (χ3n) is 7.64. The molecule has 2 heterocycles. The van der Waals surface area contributed by atoms with Crippen LogP contribution in [0.3, 0.4) is 0 Å². The summed E-state index contributed by atoms with van der Waals surface area (Å²) in [7, 11) is 4.77. The Bertz CT molecular complexity index is 1220. The van der Waals surface area contributed by atoms with E-state index in [4.69, 9.17) is 0 Å². The van der Waals surface area contributed by atoms with Crippen LogP contribution in [0.5, 0.6) is 0 Å². The zero-order chi connectivity index (χ0) is 22.7. The smallest absolute Gasteiger partial charge is 0.0737 e. The van der Waals surface area contributed by atoms with Gasteiger partial charge in [0.25, 0.3) is 0 Å². The standard InChI is InChI=1S/C32H30B2/c1(3-5-13-23-15-11-19-27-25-17-7-9-21-29(25)33-31(23)27)2-4-6-14-24-16-12-20-28-26-18-8-10-22-30(26)34-32(24)28/h7-12,15-22H,1-6,13-14H2. The first-order chi connectivity index (χ1) is 16.9. The highest BCUT2D eigenvalue weighted by Gasteiger charge is 2.22. The van der Waals surface area contributed by atoms with Gasteiger partial charge in [0, 0.05) is 0 Å². The topological polar surface area (TPSA) is 0 Å². The van der Waals surface area contributed by atoms with E-state index >= 15 is 0 Å². The number of hydrogen-bond acceptors (Lipinski definition) is 0. The van der Waals surface area contributed by atoms with Crippen molar-refractivity contribution in [2.45, 2.75) is 51.4 Å². The van der Waals surface area contributed by atoms with E-state index in [0.29, 0.717) is 0 Å². The molecule has 164 valence electrons. The lowest BCUT2D eigenvalue weighted by molar-refractivity contribution is 0.594. The summed E-state index contributed by atoms with van der Waals surface area (Å²) in [5, 5.41) is 0. The van der Waals surface area contributed by atoms with Gasteiger partial charge in [-0.1, -0.05) is 144 Å². The van der Waals surface area contributed by atoms with Crippen LogP contribution in [0.2, 0.25) is 0 Å².